The zero-order valence-electron chi connectivity index (χ0n) is 16.9. The molecular weight excluding hydrogens is 372 g/mol. The molecule has 1 aliphatic rings. The van der Waals surface area contributed by atoms with Crippen LogP contribution in [-0.2, 0) is 0 Å². The fourth-order valence-corrected chi connectivity index (χ4v) is 3.93. The second-order valence-electron chi connectivity index (χ2n) is 7.75. The number of anilines is 1. The van der Waals surface area contributed by atoms with Crippen molar-refractivity contribution in [2.75, 3.05) is 38.1 Å². The Kier molecular flexibility index (Phi) is 4.70. The zero-order chi connectivity index (χ0) is 20.5. The topological polar surface area (TPSA) is 56.3 Å². The highest BCUT2D eigenvalue weighted by Crippen LogP contribution is 2.32. The fourth-order valence-electron chi connectivity index (χ4n) is 3.93. The summed E-state index contributed by atoms with van der Waals surface area (Å²) >= 11 is 0. The lowest BCUT2D eigenvalue weighted by Crippen LogP contribution is -2.44. The minimum Gasteiger partial charge on any atom is -0.462 e. The quantitative estimate of drug-likeness (QED) is 0.500. The number of aromatic nitrogens is 1. The van der Waals surface area contributed by atoms with Crippen LogP contribution in [0.5, 0.6) is 0 Å². The molecule has 1 aliphatic heterocycles. The van der Waals surface area contributed by atoms with Gasteiger partial charge in [-0.05, 0) is 48.5 Å². The van der Waals surface area contributed by atoms with Crippen molar-refractivity contribution < 1.29 is 4.42 Å². The molecule has 4 aromatic rings. The van der Waals surface area contributed by atoms with Gasteiger partial charge in [-0.3, -0.25) is 4.98 Å². The first-order chi connectivity index (χ1) is 14.7. The molecule has 0 unspecified atom stereocenters. The molecule has 0 bridgehead atoms. The first kappa shape index (κ1) is 18.4. The van der Waals surface area contributed by atoms with Crippen LogP contribution in [0.25, 0.3) is 33.4 Å². The van der Waals surface area contributed by atoms with Crippen molar-refractivity contribution in [2.45, 2.75) is 0 Å². The van der Waals surface area contributed by atoms with Crippen LogP contribution in [0.2, 0.25) is 0 Å². The molecule has 1 fully saturated rings. The molecule has 0 aliphatic carbocycles. The maximum Gasteiger partial charge on any atom is 0.153 e. The largest absolute Gasteiger partial charge is 0.462 e. The summed E-state index contributed by atoms with van der Waals surface area (Å²) in [5, 5.41) is 8.99. The highest BCUT2D eigenvalue weighted by atomic mass is 16.3. The summed E-state index contributed by atoms with van der Waals surface area (Å²) in [7, 11) is 2.17. The predicted molar refractivity (Wildman–Crippen MR) is 119 cm³/mol. The second-order valence-corrected chi connectivity index (χ2v) is 7.75. The molecule has 2 aromatic carbocycles. The minimum absolute atomic E-state index is 0.641. The highest BCUT2D eigenvalue weighted by Gasteiger charge is 2.15. The number of nitriles is 1. The number of benzene rings is 2. The van der Waals surface area contributed by atoms with Crippen LogP contribution in [0.1, 0.15) is 5.56 Å². The van der Waals surface area contributed by atoms with E-state index in [1.807, 2.05) is 36.5 Å². The summed E-state index contributed by atoms with van der Waals surface area (Å²) < 4.78 is 5.81. The first-order valence-corrected chi connectivity index (χ1v) is 10.1. The molecule has 1 saturated heterocycles. The van der Waals surface area contributed by atoms with Crippen molar-refractivity contribution in [3.8, 4) is 28.3 Å². The summed E-state index contributed by atoms with van der Waals surface area (Å²) in [4.78, 5) is 9.48. The number of hydrogen-bond acceptors (Lipinski definition) is 5. The predicted octanol–water partition coefficient (Wildman–Crippen LogP) is 4.79. The summed E-state index contributed by atoms with van der Waals surface area (Å²) in [5.41, 5.74) is 7.58. The van der Waals surface area contributed by atoms with E-state index in [1.54, 1.807) is 6.26 Å². The Morgan fingerprint density at radius 3 is 2.30 bits per heavy atom. The number of furan rings is 1. The van der Waals surface area contributed by atoms with E-state index in [9.17, 15) is 0 Å². The summed E-state index contributed by atoms with van der Waals surface area (Å²) in [6, 6.07) is 20.3. The Morgan fingerprint density at radius 1 is 0.900 bits per heavy atom. The van der Waals surface area contributed by atoms with E-state index in [0.29, 0.717) is 5.56 Å². The molecule has 5 nitrogen and oxygen atoms in total. The molecule has 0 N–H and O–H groups in total. The van der Waals surface area contributed by atoms with Gasteiger partial charge in [-0.25, -0.2) is 0 Å². The molecule has 0 saturated carbocycles. The van der Waals surface area contributed by atoms with Gasteiger partial charge >= 0.3 is 0 Å². The van der Waals surface area contributed by atoms with Gasteiger partial charge in [0, 0.05) is 49.2 Å². The summed E-state index contributed by atoms with van der Waals surface area (Å²) in [6.07, 6.45) is 3.63. The second kappa shape index (κ2) is 7.66. The molecule has 30 heavy (non-hydrogen) atoms. The summed E-state index contributed by atoms with van der Waals surface area (Å²) in [5.74, 6) is 0. The van der Waals surface area contributed by atoms with Crippen molar-refractivity contribution in [1.82, 2.24) is 9.88 Å². The van der Waals surface area contributed by atoms with Gasteiger partial charge in [-0.2, -0.15) is 5.26 Å². The molecule has 2 aromatic heterocycles. The molecular formula is C25H22N4O. The molecule has 5 heteroatoms. The third kappa shape index (κ3) is 3.42. The SMILES string of the molecule is CN1CCN(c2ccc(-c3cnc4c(-c5ccc(C#N)cc5)coc4c3)cc2)CC1. The number of piperazine rings is 1. The van der Waals surface area contributed by atoms with Gasteiger partial charge in [0.2, 0.25) is 0 Å². The maximum absolute atomic E-state index is 8.99. The Labute approximate surface area is 175 Å². The molecule has 5 rings (SSSR count). The van der Waals surface area contributed by atoms with Crippen LogP contribution in [-0.4, -0.2) is 43.1 Å². The number of pyridine rings is 1. The van der Waals surface area contributed by atoms with E-state index < -0.39 is 0 Å². The lowest BCUT2D eigenvalue weighted by molar-refractivity contribution is 0.313. The number of rotatable bonds is 3. The monoisotopic (exact) mass is 394 g/mol. The van der Waals surface area contributed by atoms with Crippen molar-refractivity contribution in [1.29, 1.82) is 5.26 Å². The van der Waals surface area contributed by atoms with Crippen molar-refractivity contribution >= 4 is 16.8 Å². The van der Waals surface area contributed by atoms with Crippen LogP contribution in [0.15, 0.2) is 71.5 Å². The van der Waals surface area contributed by atoms with E-state index in [4.69, 9.17) is 9.68 Å². The van der Waals surface area contributed by atoms with Gasteiger partial charge in [0.25, 0.3) is 0 Å². The van der Waals surface area contributed by atoms with E-state index in [-0.39, 0.29) is 0 Å². The molecule has 0 amide bonds. The molecule has 0 spiro atoms. The van der Waals surface area contributed by atoms with Crippen molar-refractivity contribution in [3.63, 3.8) is 0 Å². The van der Waals surface area contributed by atoms with Crippen LogP contribution >= 0.6 is 0 Å². The van der Waals surface area contributed by atoms with Crippen LogP contribution in [0, 0.1) is 11.3 Å². The average Bonchev–Trinajstić information content (AvgIpc) is 3.23. The normalized spacial score (nSPS) is 14.7. The lowest BCUT2D eigenvalue weighted by Gasteiger charge is -2.34. The van der Waals surface area contributed by atoms with Crippen LogP contribution < -0.4 is 4.90 Å². The number of likely N-dealkylation sites (N-methyl/N-ethyl adjacent to an activating group) is 1. The third-order valence-corrected chi connectivity index (χ3v) is 5.81. The Balaban J connectivity index is 1.41. The molecule has 0 radical (unpaired) electrons. The first-order valence-electron chi connectivity index (χ1n) is 10.1. The summed E-state index contributed by atoms with van der Waals surface area (Å²) in [6.45, 7) is 4.33. The molecule has 148 valence electrons. The Hall–Kier alpha value is -3.62. The van der Waals surface area contributed by atoms with Crippen LogP contribution in [0.4, 0.5) is 5.69 Å². The standard InChI is InChI=1S/C25H22N4O/c1-28-10-12-29(13-11-28)22-8-6-19(7-9-22)21-14-24-25(27-16-21)23(17-30-24)20-4-2-18(15-26)3-5-20/h2-9,14,16-17H,10-13H2,1H3. The maximum atomic E-state index is 8.99. The van der Waals surface area contributed by atoms with E-state index in [2.05, 4.69) is 52.2 Å². The van der Waals surface area contributed by atoms with E-state index in [1.165, 1.54) is 5.69 Å². The molecule has 0 atom stereocenters. The van der Waals surface area contributed by atoms with Gasteiger partial charge in [0.05, 0.1) is 11.6 Å². The smallest absolute Gasteiger partial charge is 0.153 e. The number of nitrogens with zero attached hydrogens (tertiary/aromatic N) is 4. The van der Waals surface area contributed by atoms with Crippen LogP contribution in [0.3, 0.4) is 0 Å². The number of fused-ring (bicyclic) bond motifs is 1. The van der Waals surface area contributed by atoms with Gasteiger partial charge in [-0.1, -0.05) is 24.3 Å². The minimum atomic E-state index is 0.641. The van der Waals surface area contributed by atoms with Crippen molar-refractivity contribution in [2.24, 2.45) is 0 Å². The molecule has 3 heterocycles. The fraction of sp³-hybridized carbons (Fsp3) is 0.200. The number of hydrogen-bond donors (Lipinski definition) is 0. The average molecular weight is 394 g/mol. The zero-order valence-corrected chi connectivity index (χ0v) is 16.9. The van der Waals surface area contributed by atoms with Gasteiger partial charge < -0.3 is 14.2 Å². The Bertz CT molecular complexity index is 1210. The van der Waals surface area contributed by atoms with E-state index in [0.717, 1.165) is 59.5 Å². The third-order valence-electron chi connectivity index (χ3n) is 5.81. The van der Waals surface area contributed by atoms with Crippen molar-refractivity contribution in [3.05, 3.63) is 72.6 Å². The van der Waals surface area contributed by atoms with Gasteiger partial charge in [-0.15, -0.1) is 0 Å². The lowest BCUT2D eigenvalue weighted by atomic mass is 10.0. The van der Waals surface area contributed by atoms with Gasteiger partial charge in [0.1, 0.15) is 11.8 Å². The Morgan fingerprint density at radius 2 is 1.60 bits per heavy atom. The highest BCUT2D eigenvalue weighted by molar-refractivity contribution is 5.92. The van der Waals surface area contributed by atoms with E-state index >= 15 is 0 Å². The van der Waals surface area contributed by atoms with Gasteiger partial charge in [0.15, 0.2) is 5.58 Å².